The second-order valence-electron chi connectivity index (χ2n) is 9.02. The van der Waals surface area contributed by atoms with Crippen molar-refractivity contribution >= 4 is 21.6 Å². The number of amides is 1. The van der Waals surface area contributed by atoms with E-state index < -0.39 is 10.0 Å². The molecule has 0 saturated carbocycles. The second-order valence-corrected chi connectivity index (χ2v) is 10.7. The van der Waals surface area contributed by atoms with Crippen molar-refractivity contribution in [3.05, 3.63) is 95.1 Å². The molecule has 0 aliphatic carbocycles. The summed E-state index contributed by atoms with van der Waals surface area (Å²) in [5, 5.41) is 2.96. The van der Waals surface area contributed by atoms with Crippen LogP contribution in [-0.4, -0.2) is 14.3 Å². The van der Waals surface area contributed by atoms with Crippen LogP contribution in [0.5, 0.6) is 0 Å². The summed E-state index contributed by atoms with van der Waals surface area (Å²) in [5.41, 5.74) is 3.59. The quantitative estimate of drug-likeness (QED) is 0.514. The standard InChI is InChI=1S/C26H30N2O3S/c1-18-11-12-21(17-24(18)32(30,31)28-23-9-7-6-8-10-23)25(29)27-19(2)20-13-15-22(16-14-20)26(3,4)5/h6-17,19,28H,1-5H3,(H,27,29)/t19-/m1/s1. The number of para-hydroxylation sites is 1. The molecule has 3 rings (SSSR count). The number of benzene rings is 3. The number of carbonyl (C=O) groups is 1. The lowest BCUT2D eigenvalue weighted by atomic mass is 9.86. The summed E-state index contributed by atoms with van der Waals surface area (Å²) in [6, 6.07) is 21.3. The number of hydrogen-bond acceptors (Lipinski definition) is 3. The minimum absolute atomic E-state index is 0.0581. The Bertz CT molecular complexity index is 1200. The number of anilines is 1. The Morgan fingerprint density at radius 3 is 2.12 bits per heavy atom. The van der Waals surface area contributed by atoms with Gasteiger partial charge in [-0.3, -0.25) is 9.52 Å². The van der Waals surface area contributed by atoms with Crippen LogP contribution in [0.1, 0.15) is 60.8 Å². The zero-order chi connectivity index (χ0) is 23.5. The molecule has 6 heteroatoms. The minimum atomic E-state index is -3.83. The summed E-state index contributed by atoms with van der Waals surface area (Å²) in [6.07, 6.45) is 0. The summed E-state index contributed by atoms with van der Waals surface area (Å²) in [6.45, 7) is 10.1. The van der Waals surface area contributed by atoms with Gasteiger partial charge in [-0.25, -0.2) is 8.42 Å². The molecule has 1 amide bonds. The van der Waals surface area contributed by atoms with Crippen molar-refractivity contribution in [3.8, 4) is 0 Å². The predicted molar refractivity (Wildman–Crippen MR) is 129 cm³/mol. The molecule has 3 aromatic carbocycles. The summed E-state index contributed by atoms with van der Waals surface area (Å²) >= 11 is 0. The Morgan fingerprint density at radius 2 is 1.53 bits per heavy atom. The van der Waals surface area contributed by atoms with Crippen molar-refractivity contribution in [3.63, 3.8) is 0 Å². The van der Waals surface area contributed by atoms with Crippen molar-refractivity contribution in [1.29, 1.82) is 0 Å². The van der Waals surface area contributed by atoms with E-state index >= 15 is 0 Å². The van der Waals surface area contributed by atoms with Crippen LogP contribution < -0.4 is 10.0 Å². The number of aryl methyl sites for hydroxylation is 1. The molecule has 0 spiro atoms. The van der Waals surface area contributed by atoms with Gasteiger partial charge < -0.3 is 5.32 Å². The van der Waals surface area contributed by atoms with Gasteiger partial charge >= 0.3 is 0 Å². The van der Waals surface area contributed by atoms with E-state index in [4.69, 9.17) is 0 Å². The van der Waals surface area contributed by atoms with Crippen LogP contribution >= 0.6 is 0 Å². The van der Waals surface area contributed by atoms with E-state index in [1.807, 2.05) is 25.1 Å². The smallest absolute Gasteiger partial charge is 0.262 e. The van der Waals surface area contributed by atoms with Crippen LogP contribution in [0.4, 0.5) is 5.69 Å². The van der Waals surface area contributed by atoms with Crippen molar-refractivity contribution in [1.82, 2.24) is 5.32 Å². The fourth-order valence-corrected chi connectivity index (χ4v) is 4.71. The van der Waals surface area contributed by atoms with Crippen LogP contribution in [0.25, 0.3) is 0 Å². The zero-order valence-corrected chi connectivity index (χ0v) is 20.0. The molecule has 3 aromatic rings. The largest absolute Gasteiger partial charge is 0.346 e. The first-order valence-corrected chi connectivity index (χ1v) is 12.1. The average Bonchev–Trinajstić information content (AvgIpc) is 2.73. The van der Waals surface area contributed by atoms with Crippen molar-refractivity contribution in [2.75, 3.05) is 4.72 Å². The minimum Gasteiger partial charge on any atom is -0.346 e. The molecule has 0 aliphatic rings. The van der Waals surface area contributed by atoms with Crippen LogP contribution in [0, 0.1) is 6.92 Å². The number of sulfonamides is 1. The molecule has 32 heavy (non-hydrogen) atoms. The van der Waals surface area contributed by atoms with E-state index in [1.54, 1.807) is 43.3 Å². The molecule has 0 heterocycles. The molecule has 2 N–H and O–H groups in total. The van der Waals surface area contributed by atoms with Crippen LogP contribution in [-0.2, 0) is 15.4 Å². The molecule has 0 aromatic heterocycles. The maximum absolute atomic E-state index is 12.9. The first kappa shape index (κ1) is 23.5. The number of nitrogens with one attached hydrogen (secondary N) is 2. The fourth-order valence-electron chi connectivity index (χ4n) is 3.38. The predicted octanol–water partition coefficient (Wildman–Crippen LogP) is 5.58. The van der Waals surface area contributed by atoms with Crippen LogP contribution in [0.15, 0.2) is 77.7 Å². The van der Waals surface area contributed by atoms with E-state index in [1.165, 1.54) is 11.6 Å². The summed E-state index contributed by atoms with van der Waals surface area (Å²) in [5.74, 6) is -0.325. The highest BCUT2D eigenvalue weighted by molar-refractivity contribution is 7.92. The van der Waals surface area contributed by atoms with Gasteiger partial charge in [0.05, 0.1) is 10.9 Å². The Balaban J connectivity index is 1.79. The maximum Gasteiger partial charge on any atom is 0.262 e. The third kappa shape index (κ3) is 5.56. The van der Waals surface area contributed by atoms with Crippen molar-refractivity contribution < 1.29 is 13.2 Å². The third-order valence-corrected chi connectivity index (χ3v) is 6.91. The van der Waals surface area contributed by atoms with E-state index in [2.05, 4.69) is 42.9 Å². The lowest BCUT2D eigenvalue weighted by molar-refractivity contribution is 0.0939. The number of rotatable bonds is 6. The molecule has 0 bridgehead atoms. The highest BCUT2D eigenvalue weighted by atomic mass is 32.2. The van der Waals surface area contributed by atoms with Crippen molar-refractivity contribution in [2.24, 2.45) is 0 Å². The Kier molecular flexibility index (Phi) is 6.74. The zero-order valence-electron chi connectivity index (χ0n) is 19.1. The summed E-state index contributed by atoms with van der Waals surface area (Å²) in [7, 11) is -3.83. The summed E-state index contributed by atoms with van der Waals surface area (Å²) < 4.78 is 28.4. The van der Waals surface area contributed by atoms with Gasteiger partial charge in [0.2, 0.25) is 0 Å². The highest BCUT2D eigenvalue weighted by Crippen LogP contribution is 2.25. The third-order valence-electron chi connectivity index (χ3n) is 5.39. The molecule has 0 radical (unpaired) electrons. The molecule has 0 aliphatic heterocycles. The lowest BCUT2D eigenvalue weighted by Gasteiger charge is -2.21. The van der Waals surface area contributed by atoms with Gasteiger partial charge in [-0.05, 0) is 60.2 Å². The van der Waals surface area contributed by atoms with Crippen LogP contribution in [0.2, 0.25) is 0 Å². The fraction of sp³-hybridized carbons (Fsp3) is 0.269. The van der Waals surface area contributed by atoms with Gasteiger partial charge in [0.15, 0.2) is 0 Å². The van der Waals surface area contributed by atoms with Gasteiger partial charge in [-0.1, -0.05) is 69.3 Å². The molecule has 5 nitrogen and oxygen atoms in total. The monoisotopic (exact) mass is 450 g/mol. The van der Waals surface area contributed by atoms with E-state index in [0.717, 1.165) is 5.56 Å². The lowest BCUT2D eigenvalue weighted by Crippen LogP contribution is -2.27. The Hall–Kier alpha value is -3.12. The maximum atomic E-state index is 12.9. The highest BCUT2D eigenvalue weighted by Gasteiger charge is 2.20. The van der Waals surface area contributed by atoms with E-state index in [9.17, 15) is 13.2 Å². The van der Waals surface area contributed by atoms with E-state index in [0.29, 0.717) is 16.8 Å². The molecule has 0 unspecified atom stereocenters. The molecule has 168 valence electrons. The molecular formula is C26H30N2O3S. The number of carbonyl (C=O) groups excluding carboxylic acids is 1. The average molecular weight is 451 g/mol. The van der Waals surface area contributed by atoms with E-state index in [-0.39, 0.29) is 22.3 Å². The van der Waals surface area contributed by atoms with Gasteiger partial charge in [-0.2, -0.15) is 0 Å². The Morgan fingerprint density at radius 1 is 0.906 bits per heavy atom. The molecular weight excluding hydrogens is 420 g/mol. The SMILES string of the molecule is Cc1ccc(C(=O)N[C@H](C)c2ccc(C(C)(C)C)cc2)cc1S(=O)(=O)Nc1ccccc1. The van der Waals surface area contributed by atoms with Gasteiger partial charge in [0.25, 0.3) is 15.9 Å². The normalized spacial score (nSPS) is 12.8. The molecule has 0 saturated heterocycles. The first-order valence-electron chi connectivity index (χ1n) is 10.6. The topological polar surface area (TPSA) is 75.3 Å². The van der Waals surface area contributed by atoms with Crippen molar-refractivity contribution in [2.45, 2.75) is 51.0 Å². The second kappa shape index (κ2) is 9.17. The van der Waals surface area contributed by atoms with Gasteiger partial charge in [-0.15, -0.1) is 0 Å². The summed E-state index contributed by atoms with van der Waals surface area (Å²) in [4.78, 5) is 13.0. The van der Waals surface area contributed by atoms with Crippen LogP contribution in [0.3, 0.4) is 0 Å². The first-order chi connectivity index (χ1) is 15.0. The van der Waals surface area contributed by atoms with Gasteiger partial charge in [0, 0.05) is 11.3 Å². The van der Waals surface area contributed by atoms with Gasteiger partial charge in [0.1, 0.15) is 0 Å². The number of hydrogen-bond donors (Lipinski definition) is 2. The molecule has 0 fully saturated rings. The molecule has 1 atom stereocenters. The Labute approximate surface area is 190 Å².